The molecule has 1 saturated carbocycles. The van der Waals surface area contributed by atoms with Crippen LogP contribution in [0.2, 0.25) is 0 Å². The van der Waals surface area contributed by atoms with Crippen LogP contribution in [0.15, 0.2) is 0 Å². The van der Waals surface area contributed by atoms with Crippen molar-refractivity contribution >= 4 is 17.7 Å². The Morgan fingerprint density at radius 2 is 2.20 bits per heavy atom. The van der Waals surface area contributed by atoms with Gasteiger partial charge in [0.1, 0.15) is 0 Å². The molecule has 0 bridgehead atoms. The van der Waals surface area contributed by atoms with Crippen molar-refractivity contribution < 1.29 is 4.79 Å². The fourth-order valence-electron chi connectivity index (χ4n) is 1.78. The maximum absolute atomic E-state index is 11.5. The summed E-state index contributed by atoms with van der Waals surface area (Å²) >= 11 is 1.93. The SMILES string of the molecule is CCNC(=O)C(C)NCC1(SC)CCC1. The van der Waals surface area contributed by atoms with E-state index < -0.39 is 0 Å². The third-order valence-corrected chi connectivity index (χ3v) is 4.59. The highest BCUT2D eigenvalue weighted by molar-refractivity contribution is 8.00. The van der Waals surface area contributed by atoms with E-state index in [9.17, 15) is 4.79 Å². The number of hydrogen-bond acceptors (Lipinski definition) is 3. The number of thioether (sulfide) groups is 1. The molecule has 2 N–H and O–H groups in total. The Labute approximate surface area is 96.8 Å². The molecule has 0 aromatic carbocycles. The number of likely N-dealkylation sites (N-methyl/N-ethyl adjacent to an activating group) is 1. The van der Waals surface area contributed by atoms with Gasteiger partial charge in [0.2, 0.25) is 5.91 Å². The minimum atomic E-state index is -0.0745. The summed E-state index contributed by atoms with van der Waals surface area (Å²) in [5, 5.41) is 6.16. The Hall–Kier alpha value is -0.220. The topological polar surface area (TPSA) is 41.1 Å². The normalized spacial score (nSPS) is 20.5. The van der Waals surface area contributed by atoms with Crippen LogP contribution in [-0.2, 0) is 4.79 Å². The molecule has 1 atom stereocenters. The number of amides is 1. The predicted molar refractivity (Wildman–Crippen MR) is 66.2 cm³/mol. The van der Waals surface area contributed by atoms with Crippen LogP contribution in [0.4, 0.5) is 0 Å². The molecule has 0 radical (unpaired) electrons. The minimum absolute atomic E-state index is 0.0745. The van der Waals surface area contributed by atoms with Crippen LogP contribution in [-0.4, -0.2) is 36.0 Å². The third-order valence-electron chi connectivity index (χ3n) is 3.17. The molecule has 0 aromatic heterocycles. The average molecular weight is 230 g/mol. The number of hydrogen-bond donors (Lipinski definition) is 2. The van der Waals surface area contributed by atoms with Crippen molar-refractivity contribution in [3.8, 4) is 0 Å². The summed E-state index contributed by atoms with van der Waals surface area (Å²) in [7, 11) is 0. The monoisotopic (exact) mass is 230 g/mol. The first kappa shape index (κ1) is 12.8. The Balaban J connectivity index is 2.26. The Kier molecular flexibility index (Phi) is 4.93. The van der Waals surface area contributed by atoms with Gasteiger partial charge < -0.3 is 10.6 Å². The summed E-state index contributed by atoms with van der Waals surface area (Å²) in [6.07, 6.45) is 6.06. The fraction of sp³-hybridized carbons (Fsp3) is 0.909. The van der Waals surface area contributed by atoms with E-state index in [0.717, 1.165) is 6.54 Å². The lowest BCUT2D eigenvalue weighted by molar-refractivity contribution is -0.122. The summed E-state index contributed by atoms with van der Waals surface area (Å²) in [5.41, 5.74) is 0. The number of carbonyl (C=O) groups excluding carboxylic acids is 1. The lowest BCUT2D eigenvalue weighted by Gasteiger charge is -2.41. The molecular formula is C11H22N2OS. The van der Waals surface area contributed by atoms with Crippen molar-refractivity contribution in [3.63, 3.8) is 0 Å². The van der Waals surface area contributed by atoms with Crippen molar-refractivity contribution in [3.05, 3.63) is 0 Å². The molecular weight excluding hydrogens is 208 g/mol. The summed E-state index contributed by atoms with van der Waals surface area (Å²) in [5.74, 6) is 0.105. The van der Waals surface area contributed by atoms with Crippen LogP contribution in [0.25, 0.3) is 0 Å². The van der Waals surface area contributed by atoms with E-state index in [0.29, 0.717) is 11.3 Å². The van der Waals surface area contributed by atoms with E-state index >= 15 is 0 Å². The summed E-state index contributed by atoms with van der Waals surface area (Å²) < 4.78 is 0.404. The van der Waals surface area contributed by atoms with Gasteiger partial charge in [-0.2, -0.15) is 11.8 Å². The summed E-state index contributed by atoms with van der Waals surface area (Å²) in [6, 6.07) is -0.0745. The molecule has 0 saturated heterocycles. The van der Waals surface area contributed by atoms with Crippen LogP contribution in [0.5, 0.6) is 0 Å². The molecule has 0 heterocycles. The summed E-state index contributed by atoms with van der Waals surface area (Å²) in [4.78, 5) is 11.5. The van der Waals surface area contributed by atoms with E-state index in [1.165, 1.54) is 19.3 Å². The maximum atomic E-state index is 11.5. The minimum Gasteiger partial charge on any atom is -0.355 e. The zero-order chi connectivity index (χ0) is 11.3. The van der Waals surface area contributed by atoms with Crippen molar-refractivity contribution in [2.75, 3.05) is 19.3 Å². The maximum Gasteiger partial charge on any atom is 0.236 e. The third kappa shape index (κ3) is 3.38. The van der Waals surface area contributed by atoms with Gasteiger partial charge in [-0.3, -0.25) is 4.79 Å². The predicted octanol–water partition coefficient (Wildman–Crippen LogP) is 1.39. The second-order valence-electron chi connectivity index (χ2n) is 4.24. The number of nitrogens with one attached hydrogen (secondary N) is 2. The van der Waals surface area contributed by atoms with Gasteiger partial charge in [-0.15, -0.1) is 0 Å². The Morgan fingerprint density at radius 3 is 2.60 bits per heavy atom. The second kappa shape index (κ2) is 5.75. The van der Waals surface area contributed by atoms with Crippen molar-refractivity contribution in [1.29, 1.82) is 0 Å². The van der Waals surface area contributed by atoms with E-state index in [-0.39, 0.29) is 11.9 Å². The molecule has 1 amide bonds. The lowest BCUT2D eigenvalue weighted by Crippen LogP contribution is -2.50. The van der Waals surface area contributed by atoms with Gasteiger partial charge in [-0.1, -0.05) is 6.42 Å². The van der Waals surface area contributed by atoms with Gasteiger partial charge in [-0.25, -0.2) is 0 Å². The highest BCUT2D eigenvalue weighted by Gasteiger charge is 2.36. The molecule has 88 valence electrons. The molecule has 0 aromatic rings. The largest absolute Gasteiger partial charge is 0.355 e. The van der Waals surface area contributed by atoms with Crippen LogP contribution in [0, 0.1) is 0 Å². The first-order valence-electron chi connectivity index (χ1n) is 5.70. The summed E-state index contributed by atoms with van der Waals surface area (Å²) in [6.45, 7) is 5.53. The van der Waals surface area contributed by atoms with Crippen molar-refractivity contribution in [2.24, 2.45) is 0 Å². The molecule has 0 spiro atoms. The van der Waals surface area contributed by atoms with Gasteiger partial charge in [0, 0.05) is 17.8 Å². The molecule has 3 nitrogen and oxygen atoms in total. The average Bonchev–Trinajstić information content (AvgIpc) is 2.17. The molecule has 1 aliphatic rings. The van der Waals surface area contributed by atoms with E-state index in [1.54, 1.807) is 0 Å². The van der Waals surface area contributed by atoms with E-state index in [4.69, 9.17) is 0 Å². The number of carbonyl (C=O) groups is 1. The molecule has 15 heavy (non-hydrogen) atoms. The van der Waals surface area contributed by atoms with Crippen molar-refractivity contribution in [2.45, 2.75) is 43.9 Å². The zero-order valence-corrected chi connectivity index (χ0v) is 10.7. The molecule has 4 heteroatoms. The number of rotatable bonds is 6. The first-order valence-corrected chi connectivity index (χ1v) is 6.92. The smallest absolute Gasteiger partial charge is 0.236 e. The van der Waals surface area contributed by atoms with E-state index in [1.807, 2.05) is 25.6 Å². The fourth-order valence-corrected chi connectivity index (χ4v) is 2.71. The highest BCUT2D eigenvalue weighted by Crippen LogP contribution is 2.42. The van der Waals surface area contributed by atoms with Crippen LogP contribution < -0.4 is 10.6 Å². The lowest BCUT2D eigenvalue weighted by atomic mass is 9.84. The van der Waals surface area contributed by atoms with Gasteiger partial charge in [0.05, 0.1) is 6.04 Å². The van der Waals surface area contributed by atoms with Crippen molar-refractivity contribution in [1.82, 2.24) is 10.6 Å². The van der Waals surface area contributed by atoms with Crippen LogP contribution >= 0.6 is 11.8 Å². The van der Waals surface area contributed by atoms with Gasteiger partial charge in [-0.05, 0) is 32.9 Å². The van der Waals surface area contributed by atoms with Gasteiger partial charge in [0.25, 0.3) is 0 Å². The quantitative estimate of drug-likeness (QED) is 0.724. The Morgan fingerprint density at radius 1 is 1.53 bits per heavy atom. The first-order chi connectivity index (χ1) is 7.13. The van der Waals surface area contributed by atoms with E-state index in [2.05, 4.69) is 16.9 Å². The van der Waals surface area contributed by atoms with Crippen LogP contribution in [0.1, 0.15) is 33.1 Å². The zero-order valence-electron chi connectivity index (χ0n) is 9.93. The molecule has 1 rings (SSSR count). The van der Waals surface area contributed by atoms with Gasteiger partial charge in [0.15, 0.2) is 0 Å². The standard InChI is InChI=1S/C11H22N2OS/c1-4-12-10(14)9(2)13-8-11(15-3)6-5-7-11/h9,13H,4-8H2,1-3H3,(H,12,14). The highest BCUT2D eigenvalue weighted by atomic mass is 32.2. The van der Waals surface area contributed by atoms with Crippen LogP contribution in [0.3, 0.4) is 0 Å². The molecule has 1 aliphatic carbocycles. The molecule has 1 fully saturated rings. The molecule has 1 unspecified atom stereocenters. The molecule has 0 aliphatic heterocycles. The van der Waals surface area contributed by atoms with Gasteiger partial charge >= 0.3 is 0 Å². The Bertz CT molecular complexity index is 211. The second-order valence-corrected chi connectivity index (χ2v) is 5.51.